The van der Waals surface area contributed by atoms with Crippen LogP contribution in [0.1, 0.15) is 29.7 Å². The Bertz CT molecular complexity index is 1740. The number of hydrogen-bond donors (Lipinski definition) is 0. The van der Waals surface area contributed by atoms with E-state index < -0.39 is 12.0 Å². The summed E-state index contributed by atoms with van der Waals surface area (Å²) < 4.78 is 13.2. The maximum Gasteiger partial charge on any atom is 0.338 e. The Kier molecular flexibility index (Phi) is 8.48. The summed E-state index contributed by atoms with van der Waals surface area (Å²) in [6.07, 6.45) is 5.53. The highest BCUT2D eigenvalue weighted by Crippen LogP contribution is 2.35. The zero-order chi connectivity index (χ0) is 28.1. The van der Waals surface area contributed by atoms with Gasteiger partial charge in [-0.1, -0.05) is 78.6 Å². The molecule has 0 bridgehead atoms. The summed E-state index contributed by atoms with van der Waals surface area (Å²) in [5.41, 5.74) is 3.07. The predicted octanol–water partition coefficient (Wildman–Crippen LogP) is 5.22. The summed E-state index contributed by atoms with van der Waals surface area (Å²) in [7, 11) is 0. The third kappa shape index (κ3) is 5.59. The fourth-order valence-electron chi connectivity index (χ4n) is 4.51. The lowest BCUT2D eigenvalue weighted by molar-refractivity contribution is -0.138. The van der Waals surface area contributed by atoms with Crippen molar-refractivity contribution in [3.05, 3.63) is 133 Å². The van der Waals surface area contributed by atoms with Gasteiger partial charge in [0.15, 0.2) is 4.80 Å². The highest BCUT2D eigenvalue weighted by molar-refractivity contribution is 7.98. The quantitative estimate of drug-likeness (QED) is 0.157. The monoisotopic (exact) mass is 568 g/mol. The molecule has 0 unspecified atom stereocenters. The Morgan fingerprint density at radius 2 is 1.80 bits per heavy atom. The number of hydrogen-bond acceptors (Lipinski definition) is 7. The van der Waals surface area contributed by atoms with Crippen LogP contribution in [-0.4, -0.2) is 30.0 Å². The van der Waals surface area contributed by atoms with E-state index >= 15 is 0 Å². The molecule has 1 aliphatic rings. The molecule has 8 heteroatoms. The van der Waals surface area contributed by atoms with Gasteiger partial charge in [-0.3, -0.25) is 9.36 Å². The average molecular weight is 569 g/mol. The number of rotatable bonds is 9. The molecule has 0 spiro atoms. The fraction of sp³-hybridized carbons (Fsp3) is 0.156. The van der Waals surface area contributed by atoms with E-state index in [1.807, 2.05) is 91.2 Å². The van der Waals surface area contributed by atoms with Crippen molar-refractivity contribution < 1.29 is 14.3 Å². The minimum Gasteiger partial charge on any atom is -0.490 e. The van der Waals surface area contributed by atoms with Crippen molar-refractivity contribution >= 4 is 40.8 Å². The minimum absolute atomic E-state index is 0.208. The van der Waals surface area contributed by atoms with E-state index in [1.165, 1.54) is 11.3 Å². The molecule has 0 fully saturated rings. The van der Waals surface area contributed by atoms with Gasteiger partial charge in [0, 0.05) is 10.5 Å². The smallest absolute Gasteiger partial charge is 0.338 e. The molecule has 4 aromatic rings. The number of nitrogens with zero attached hydrogens (tertiary/aromatic N) is 2. The van der Waals surface area contributed by atoms with Crippen molar-refractivity contribution in [2.24, 2.45) is 4.99 Å². The second-order valence-electron chi connectivity index (χ2n) is 8.87. The van der Waals surface area contributed by atoms with Crippen LogP contribution >= 0.6 is 23.1 Å². The van der Waals surface area contributed by atoms with Gasteiger partial charge in [-0.2, -0.15) is 0 Å². The molecule has 0 saturated carbocycles. The van der Waals surface area contributed by atoms with Crippen LogP contribution in [0.4, 0.5) is 0 Å². The van der Waals surface area contributed by atoms with Gasteiger partial charge in [-0.15, -0.1) is 11.8 Å². The highest BCUT2D eigenvalue weighted by Gasteiger charge is 2.35. The van der Waals surface area contributed by atoms with Crippen LogP contribution in [0.15, 0.2) is 112 Å². The van der Waals surface area contributed by atoms with Crippen molar-refractivity contribution in [3.8, 4) is 5.75 Å². The van der Waals surface area contributed by atoms with E-state index in [9.17, 15) is 9.59 Å². The van der Waals surface area contributed by atoms with Gasteiger partial charge < -0.3 is 9.47 Å². The highest BCUT2D eigenvalue weighted by atomic mass is 32.2. The van der Waals surface area contributed by atoms with E-state index in [2.05, 4.69) is 6.58 Å². The van der Waals surface area contributed by atoms with Crippen LogP contribution in [0.2, 0.25) is 0 Å². The van der Waals surface area contributed by atoms with Crippen LogP contribution in [0, 0.1) is 0 Å². The number of ether oxygens (including phenoxy) is 2. The van der Waals surface area contributed by atoms with Gasteiger partial charge in [-0.05, 0) is 54.6 Å². The molecule has 202 valence electrons. The molecule has 1 atom stereocenters. The first kappa shape index (κ1) is 27.4. The Morgan fingerprint density at radius 1 is 1.07 bits per heavy atom. The summed E-state index contributed by atoms with van der Waals surface area (Å²) in [4.78, 5) is 34.0. The maximum absolute atomic E-state index is 14.0. The standard InChI is InChI=1S/C32H28N2O4S2/c1-4-19-38-24-15-11-21(12-16-24)20-26-30(35)34-29(23-13-17-25(39-3)18-14-23)27(31(36)37-5-2)28(33-32(34)40-26)22-9-7-6-8-10-22/h4,6-18,20,29H,1,5,19H2,2-3H3/b26-20-/t29-/m0/s1. The zero-order valence-corrected chi connectivity index (χ0v) is 23.8. The van der Waals surface area contributed by atoms with E-state index in [0.29, 0.717) is 27.2 Å². The number of carbonyl (C=O) groups excluding carboxylic acids is 1. The first-order valence-corrected chi connectivity index (χ1v) is 14.8. The van der Waals surface area contributed by atoms with Gasteiger partial charge in [0.1, 0.15) is 12.4 Å². The number of esters is 1. The number of thiazole rings is 1. The summed E-state index contributed by atoms with van der Waals surface area (Å²) in [6.45, 7) is 6.07. The Labute approximate surface area is 240 Å². The number of aromatic nitrogens is 1. The molecule has 0 N–H and O–H groups in total. The number of fused-ring (bicyclic) bond motifs is 1. The number of thioether (sulfide) groups is 1. The van der Waals surface area contributed by atoms with Gasteiger partial charge in [0.05, 0.1) is 28.5 Å². The van der Waals surface area contributed by atoms with Crippen LogP contribution < -0.4 is 19.6 Å². The van der Waals surface area contributed by atoms with Crippen LogP contribution in [0.5, 0.6) is 5.75 Å². The number of benzene rings is 3. The zero-order valence-electron chi connectivity index (χ0n) is 22.2. The van der Waals surface area contributed by atoms with Gasteiger partial charge in [0.25, 0.3) is 5.56 Å². The Balaban J connectivity index is 1.73. The molecule has 1 aliphatic heterocycles. The summed E-state index contributed by atoms with van der Waals surface area (Å²) >= 11 is 2.93. The number of carbonyl (C=O) groups is 1. The molecule has 0 saturated heterocycles. The van der Waals surface area contributed by atoms with Gasteiger partial charge >= 0.3 is 5.97 Å². The van der Waals surface area contributed by atoms with E-state index in [-0.39, 0.29) is 12.2 Å². The molecular formula is C32H28N2O4S2. The predicted molar refractivity (Wildman–Crippen MR) is 161 cm³/mol. The molecule has 40 heavy (non-hydrogen) atoms. The lowest BCUT2D eigenvalue weighted by atomic mass is 9.93. The molecule has 0 radical (unpaired) electrons. The maximum atomic E-state index is 14.0. The summed E-state index contributed by atoms with van der Waals surface area (Å²) in [6, 6.07) is 24.3. The SMILES string of the molecule is C=CCOc1ccc(/C=c2\sc3n(c2=O)[C@@H](c2ccc(SC)cc2)C(C(=O)OCC)=C(c2ccccc2)N=3)cc1. The Morgan fingerprint density at radius 3 is 2.45 bits per heavy atom. The molecule has 6 nitrogen and oxygen atoms in total. The van der Waals surface area contributed by atoms with Crippen molar-refractivity contribution in [2.75, 3.05) is 19.5 Å². The molecule has 1 aromatic heterocycles. The molecule has 0 aliphatic carbocycles. The van der Waals surface area contributed by atoms with Crippen molar-refractivity contribution in [3.63, 3.8) is 0 Å². The molecule has 3 aromatic carbocycles. The van der Waals surface area contributed by atoms with E-state index in [0.717, 1.165) is 27.3 Å². The minimum atomic E-state index is -0.696. The third-order valence-electron chi connectivity index (χ3n) is 6.35. The molecule has 2 heterocycles. The van der Waals surface area contributed by atoms with Crippen molar-refractivity contribution in [1.29, 1.82) is 0 Å². The molecular weight excluding hydrogens is 540 g/mol. The molecule has 0 amide bonds. The van der Waals surface area contributed by atoms with Crippen LogP contribution in [0.25, 0.3) is 11.8 Å². The average Bonchev–Trinajstić information content (AvgIpc) is 3.30. The first-order chi connectivity index (χ1) is 19.5. The lowest BCUT2D eigenvalue weighted by Crippen LogP contribution is -2.40. The molecule has 5 rings (SSSR count). The van der Waals surface area contributed by atoms with Crippen molar-refractivity contribution in [1.82, 2.24) is 4.57 Å². The Hall–Kier alpha value is -4.14. The van der Waals surface area contributed by atoms with E-state index in [1.54, 1.807) is 29.3 Å². The summed E-state index contributed by atoms with van der Waals surface area (Å²) in [5.74, 6) is 0.229. The van der Waals surface area contributed by atoms with Crippen LogP contribution in [-0.2, 0) is 9.53 Å². The largest absolute Gasteiger partial charge is 0.490 e. The normalized spacial score (nSPS) is 14.8. The van der Waals surface area contributed by atoms with Gasteiger partial charge in [0.2, 0.25) is 0 Å². The van der Waals surface area contributed by atoms with Crippen molar-refractivity contribution in [2.45, 2.75) is 17.9 Å². The van der Waals surface area contributed by atoms with Crippen LogP contribution in [0.3, 0.4) is 0 Å². The second kappa shape index (κ2) is 12.4. The second-order valence-corrected chi connectivity index (χ2v) is 10.8. The fourth-order valence-corrected chi connectivity index (χ4v) is 5.92. The third-order valence-corrected chi connectivity index (χ3v) is 8.08. The lowest BCUT2D eigenvalue weighted by Gasteiger charge is -2.26. The summed E-state index contributed by atoms with van der Waals surface area (Å²) in [5, 5.41) is 0. The topological polar surface area (TPSA) is 69.9 Å². The first-order valence-electron chi connectivity index (χ1n) is 12.8. The van der Waals surface area contributed by atoms with E-state index in [4.69, 9.17) is 14.5 Å². The van der Waals surface area contributed by atoms with Gasteiger partial charge in [-0.25, -0.2) is 9.79 Å².